The summed E-state index contributed by atoms with van der Waals surface area (Å²) in [5, 5.41) is 8.78. The number of nitrogens with zero attached hydrogens (tertiary/aromatic N) is 1. The molecule has 0 aromatic heterocycles. The molecule has 98 valence electrons. The van der Waals surface area contributed by atoms with E-state index in [1.807, 2.05) is 6.92 Å². The molecule has 1 saturated carbocycles. The first-order valence-corrected chi connectivity index (χ1v) is 6.22. The van der Waals surface area contributed by atoms with Crippen LogP contribution in [0.25, 0.3) is 0 Å². The van der Waals surface area contributed by atoms with Gasteiger partial charge in [-0.2, -0.15) is 0 Å². The van der Waals surface area contributed by atoms with Crippen molar-refractivity contribution in [2.45, 2.75) is 32.6 Å². The molecular weight excluding hydrogens is 220 g/mol. The standard InChI is InChI=1S/C12H22N2O3/c1-9(6-13)2-5-11(15)14(8-12(16)17)7-10-3-4-10/h9-10H,2-8,13H2,1H3,(H,16,17). The van der Waals surface area contributed by atoms with E-state index in [1.54, 1.807) is 0 Å². The maximum absolute atomic E-state index is 11.9. The lowest BCUT2D eigenvalue weighted by atomic mass is 10.1. The van der Waals surface area contributed by atoms with E-state index in [2.05, 4.69) is 0 Å². The molecule has 1 atom stereocenters. The van der Waals surface area contributed by atoms with Crippen LogP contribution in [0.4, 0.5) is 0 Å². The highest BCUT2D eigenvalue weighted by atomic mass is 16.4. The second-order valence-corrected chi connectivity index (χ2v) is 4.99. The third-order valence-electron chi connectivity index (χ3n) is 3.11. The van der Waals surface area contributed by atoms with Crippen LogP contribution in [0.2, 0.25) is 0 Å². The predicted molar refractivity (Wildman–Crippen MR) is 64.4 cm³/mol. The molecule has 0 saturated heterocycles. The summed E-state index contributed by atoms with van der Waals surface area (Å²) >= 11 is 0. The minimum absolute atomic E-state index is 0.0559. The number of nitrogens with two attached hydrogens (primary N) is 1. The monoisotopic (exact) mass is 242 g/mol. The van der Waals surface area contributed by atoms with Crippen LogP contribution in [-0.4, -0.2) is 41.5 Å². The number of hydrogen-bond donors (Lipinski definition) is 2. The van der Waals surface area contributed by atoms with E-state index in [-0.39, 0.29) is 12.5 Å². The topological polar surface area (TPSA) is 83.6 Å². The minimum Gasteiger partial charge on any atom is -0.480 e. The highest BCUT2D eigenvalue weighted by molar-refractivity contribution is 5.81. The third-order valence-corrected chi connectivity index (χ3v) is 3.11. The molecule has 3 N–H and O–H groups in total. The Bertz CT molecular complexity index is 277. The Morgan fingerprint density at radius 1 is 1.47 bits per heavy atom. The Balaban J connectivity index is 2.37. The van der Waals surface area contributed by atoms with E-state index < -0.39 is 5.97 Å². The van der Waals surface area contributed by atoms with Gasteiger partial charge in [0, 0.05) is 13.0 Å². The summed E-state index contributed by atoms with van der Waals surface area (Å²) in [5.74, 6) is -0.165. The van der Waals surface area contributed by atoms with Crippen molar-refractivity contribution in [3.8, 4) is 0 Å². The van der Waals surface area contributed by atoms with Crippen LogP contribution in [0.15, 0.2) is 0 Å². The molecule has 0 aromatic carbocycles. The molecule has 0 spiro atoms. The number of carboxylic acid groups (broad SMARTS) is 1. The van der Waals surface area contributed by atoms with Gasteiger partial charge in [0.05, 0.1) is 0 Å². The van der Waals surface area contributed by atoms with Gasteiger partial charge in [-0.3, -0.25) is 9.59 Å². The van der Waals surface area contributed by atoms with Gasteiger partial charge in [-0.05, 0) is 37.6 Å². The molecular formula is C12H22N2O3. The largest absolute Gasteiger partial charge is 0.480 e. The van der Waals surface area contributed by atoms with Crippen LogP contribution in [-0.2, 0) is 9.59 Å². The molecule has 5 heteroatoms. The van der Waals surface area contributed by atoms with Crippen molar-refractivity contribution in [3.63, 3.8) is 0 Å². The van der Waals surface area contributed by atoms with Crippen molar-refractivity contribution in [1.29, 1.82) is 0 Å². The highest BCUT2D eigenvalue weighted by Gasteiger charge is 2.27. The van der Waals surface area contributed by atoms with Crippen molar-refractivity contribution in [3.05, 3.63) is 0 Å². The summed E-state index contributed by atoms with van der Waals surface area (Å²) in [6.07, 6.45) is 3.36. The van der Waals surface area contributed by atoms with Gasteiger partial charge >= 0.3 is 5.97 Å². The molecule has 0 bridgehead atoms. The molecule has 5 nitrogen and oxygen atoms in total. The summed E-state index contributed by atoms with van der Waals surface area (Å²) < 4.78 is 0. The number of carbonyl (C=O) groups is 2. The van der Waals surface area contributed by atoms with Crippen LogP contribution in [0.5, 0.6) is 0 Å². The fourth-order valence-corrected chi connectivity index (χ4v) is 1.68. The first kappa shape index (κ1) is 14.0. The van der Waals surface area contributed by atoms with Gasteiger partial charge in [0.2, 0.25) is 5.91 Å². The summed E-state index contributed by atoms with van der Waals surface area (Å²) in [7, 11) is 0. The van der Waals surface area contributed by atoms with Gasteiger partial charge in [-0.25, -0.2) is 0 Å². The van der Waals surface area contributed by atoms with E-state index in [4.69, 9.17) is 10.8 Å². The molecule has 17 heavy (non-hydrogen) atoms. The second kappa shape index (κ2) is 6.59. The van der Waals surface area contributed by atoms with Gasteiger partial charge in [0.15, 0.2) is 0 Å². The zero-order valence-electron chi connectivity index (χ0n) is 10.4. The van der Waals surface area contributed by atoms with Gasteiger partial charge in [0.25, 0.3) is 0 Å². The molecule has 0 radical (unpaired) electrons. The van der Waals surface area contributed by atoms with Gasteiger partial charge in [0.1, 0.15) is 6.54 Å². The number of hydrogen-bond acceptors (Lipinski definition) is 3. The Morgan fingerprint density at radius 2 is 2.12 bits per heavy atom. The maximum Gasteiger partial charge on any atom is 0.323 e. The lowest BCUT2D eigenvalue weighted by Crippen LogP contribution is -2.37. The van der Waals surface area contributed by atoms with E-state index >= 15 is 0 Å². The predicted octanol–water partition coefficient (Wildman–Crippen LogP) is 0.685. The molecule has 1 rings (SSSR count). The number of rotatable bonds is 8. The molecule has 1 aliphatic rings. The zero-order chi connectivity index (χ0) is 12.8. The normalized spacial score (nSPS) is 16.6. The molecule has 1 unspecified atom stereocenters. The summed E-state index contributed by atoms with van der Waals surface area (Å²) in [4.78, 5) is 24.1. The first-order chi connectivity index (χ1) is 8.02. The fraction of sp³-hybridized carbons (Fsp3) is 0.833. The van der Waals surface area contributed by atoms with E-state index in [0.717, 1.165) is 19.3 Å². The lowest BCUT2D eigenvalue weighted by molar-refractivity contribution is -0.144. The Morgan fingerprint density at radius 3 is 2.59 bits per heavy atom. The number of aliphatic carboxylic acids is 1. The summed E-state index contributed by atoms with van der Waals surface area (Å²) in [6, 6.07) is 0. The van der Waals surface area contributed by atoms with E-state index in [0.29, 0.717) is 31.3 Å². The average molecular weight is 242 g/mol. The lowest BCUT2D eigenvalue weighted by Gasteiger charge is -2.21. The average Bonchev–Trinajstić information content (AvgIpc) is 3.07. The van der Waals surface area contributed by atoms with Crippen molar-refractivity contribution in [1.82, 2.24) is 4.90 Å². The molecule has 0 aromatic rings. The van der Waals surface area contributed by atoms with Crippen molar-refractivity contribution >= 4 is 11.9 Å². The van der Waals surface area contributed by atoms with Gasteiger partial charge < -0.3 is 15.7 Å². The van der Waals surface area contributed by atoms with Crippen LogP contribution < -0.4 is 5.73 Å². The van der Waals surface area contributed by atoms with Crippen LogP contribution in [0, 0.1) is 11.8 Å². The molecule has 0 heterocycles. The first-order valence-electron chi connectivity index (χ1n) is 6.22. The Kier molecular flexibility index (Phi) is 5.41. The van der Waals surface area contributed by atoms with Crippen LogP contribution >= 0.6 is 0 Å². The van der Waals surface area contributed by atoms with Crippen LogP contribution in [0.1, 0.15) is 32.6 Å². The number of amides is 1. The molecule has 1 fully saturated rings. The quantitative estimate of drug-likeness (QED) is 0.655. The maximum atomic E-state index is 11.9. The zero-order valence-corrected chi connectivity index (χ0v) is 10.4. The Labute approximate surface area is 102 Å². The van der Waals surface area contributed by atoms with Crippen molar-refractivity contribution in [2.75, 3.05) is 19.6 Å². The van der Waals surface area contributed by atoms with Crippen molar-refractivity contribution in [2.24, 2.45) is 17.6 Å². The van der Waals surface area contributed by atoms with Gasteiger partial charge in [-0.15, -0.1) is 0 Å². The fourth-order valence-electron chi connectivity index (χ4n) is 1.68. The molecule has 1 amide bonds. The number of carboxylic acids is 1. The van der Waals surface area contributed by atoms with Crippen molar-refractivity contribution < 1.29 is 14.7 Å². The van der Waals surface area contributed by atoms with E-state index in [1.165, 1.54) is 4.90 Å². The molecule has 0 aliphatic heterocycles. The highest BCUT2D eigenvalue weighted by Crippen LogP contribution is 2.29. The van der Waals surface area contributed by atoms with Gasteiger partial charge in [-0.1, -0.05) is 6.92 Å². The number of carbonyl (C=O) groups excluding carboxylic acids is 1. The minimum atomic E-state index is -0.939. The van der Waals surface area contributed by atoms with E-state index in [9.17, 15) is 9.59 Å². The summed E-state index contributed by atoms with van der Waals surface area (Å²) in [5.41, 5.74) is 5.49. The summed E-state index contributed by atoms with van der Waals surface area (Å²) in [6.45, 7) is 2.99. The molecule has 1 aliphatic carbocycles. The van der Waals surface area contributed by atoms with Crippen LogP contribution in [0.3, 0.4) is 0 Å². The smallest absolute Gasteiger partial charge is 0.323 e. The third kappa shape index (κ3) is 5.68. The Hall–Kier alpha value is -1.10. The second-order valence-electron chi connectivity index (χ2n) is 4.99. The SMILES string of the molecule is CC(CN)CCC(=O)N(CC(=O)O)CC1CC1.